The van der Waals surface area contributed by atoms with Crippen molar-refractivity contribution in [1.82, 2.24) is 14.9 Å². The molecule has 0 amide bonds. The summed E-state index contributed by atoms with van der Waals surface area (Å²) in [6, 6.07) is 4.41. The number of aliphatic hydroxyl groups excluding tert-OH is 1. The zero-order valence-electron chi connectivity index (χ0n) is 24.2. The highest BCUT2D eigenvalue weighted by atomic mass is 16.4. The largest absolute Gasteiger partial charge is 0.476 e. The number of aromatic nitrogens is 2. The van der Waals surface area contributed by atoms with Crippen LogP contribution in [0.3, 0.4) is 0 Å². The lowest BCUT2D eigenvalue weighted by Crippen LogP contribution is -2.60. The number of rotatable bonds is 5. The van der Waals surface area contributed by atoms with Gasteiger partial charge in [0, 0.05) is 48.4 Å². The van der Waals surface area contributed by atoms with E-state index in [1.165, 1.54) is 12.8 Å². The van der Waals surface area contributed by atoms with Gasteiger partial charge in [0.15, 0.2) is 23.3 Å². The van der Waals surface area contributed by atoms with Crippen LogP contribution < -0.4 is 4.90 Å². The van der Waals surface area contributed by atoms with E-state index in [-0.39, 0.29) is 17.1 Å². The standard InChI is InChI=1S/C30H42N4O5/c1-28(2,3)19-14-20(18-8-10-29(4,5)11-9-18)31-21-15-23(39-24(19)21)25(35)34-13-12-33(17-30(34,6)7)27-32-22(16-38-27)26(36)37/h14-16,18,25,35H,8-13,17H2,1-7H3,(H,36,37). The molecule has 1 aliphatic carbocycles. The lowest BCUT2D eigenvalue weighted by Gasteiger charge is -2.48. The van der Waals surface area contributed by atoms with Gasteiger partial charge in [0.2, 0.25) is 0 Å². The lowest BCUT2D eigenvalue weighted by molar-refractivity contribution is -0.0760. The Morgan fingerprint density at radius 1 is 1.10 bits per heavy atom. The van der Waals surface area contributed by atoms with Crippen molar-refractivity contribution in [2.45, 2.75) is 97.2 Å². The molecule has 39 heavy (non-hydrogen) atoms. The molecule has 1 saturated heterocycles. The van der Waals surface area contributed by atoms with Gasteiger partial charge < -0.3 is 23.9 Å². The van der Waals surface area contributed by atoms with Gasteiger partial charge in [0.05, 0.1) is 0 Å². The quantitative estimate of drug-likeness (QED) is 0.398. The van der Waals surface area contributed by atoms with Crippen LogP contribution in [0.2, 0.25) is 0 Å². The van der Waals surface area contributed by atoms with Crippen LogP contribution in [0.1, 0.15) is 114 Å². The van der Waals surface area contributed by atoms with E-state index >= 15 is 0 Å². The van der Waals surface area contributed by atoms with E-state index in [1.54, 1.807) is 0 Å². The normalized spacial score (nSPS) is 21.4. The highest BCUT2D eigenvalue weighted by molar-refractivity contribution is 5.85. The molecule has 5 rings (SSSR count). The summed E-state index contributed by atoms with van der Waals surface area (Å²) in [6.07, 6.45) is 4.87. The summed E-state index contributed by atoms with van der Waals surface area (Å²) < 4.78 is 11.8. The summed E-state index contributed by atoms with van der Waals surface area (Å²) in [5.74, 6) is -0.201. The van der Waals surface area contributed by atoms with E-state index in [2.05, 4.69) is 45.7 Å². The van der Waals surface area contributed by atoms with Crippen LogP contribution in [-0.2, 0) is 5.41 Å². The van der Waals surface area contributed by atoms with Gasteiger partial charge in [-0.25, -0.2) is 9.78 Å². The number of carbonyl (C=O) groups is 1. The molecule has 212 valence electrons. The van der Waals surface area contributed by atoms with Crippen LogP contribution in [0, 0.1) is 5.41 Å². The molecule has 9 nitrogen and oxygen atoms in total. The average Bonchev–Trinajstić information content (AvgIpc) is 3.49. The summed E-state index contributed by atoms with van der Waals surface area (Å²) in [6.45, 7) is 16.9. The summed E-state index contributed by atoms with van der Waals surface area (Å²) in [7, 11) is 0. The monoisotopic (exact) mass is 538 g/mol. The fraction of sp³-hybridized carbons (Fsp3) is 0.633. The number of anilines is 1. The molecule has 0 bridgehead atoms. The van der Waals surface area contributed by atoms with Crippen LogP contribution >= 0.6 is 0 Å². The van der Waals surface area contributed by atoms with Gasteiger partial charge in [-0.05, 0) is 56.4 Å². The summed E-state index contributed by atoms with van der Waals surface area (Å²) in [4.78, 5) is 24.3. The number of aromatic carboxylic acids is 1. The van der Waals surface area contributed by atoms with Crippen LogP contribution in [0.15, 0.2) is 27.2 Å². The molecule has 3 aromatic rings. The minimum absolute atomic E-state index is 0.119. The zero-order valence-corrected chi connectivity index (χ0v) is 24.2. The highest BCUT2D eigenvalue weighted by Crippen LogP contribution is 2.44. The van der Waals surface area contributed by atoms with E-state index in [4.69, 9.17) is 13.8 Å². The Bertz CT molecular complexity index is 1360. The minimum Gasteiger partial charge on any atom is -0.476 e. The van der Waals surface area contributed by atoms with Gasteiger partial charge in [-0.2, -0.15) is 4.98 Å². The van der Waals surface area contributed by atoms with Crippen molar-refractivity contribution in [3.8, 4) is 0 Å². The van der Waals surface area contributed by atoms with Crippen LogP contribution in [-0.4, -0.2) is 56.2 Å². The average molecular weight is 539 g/mol. The van der Waals surface area contributed by atoms with E-state index in [1.807, 2.05) is 29.7 Å². The fourth-order valence-corrected chi connectivity index (χ4v) is 6.10. The van der Waals surface area contributed by atoms with E-state index < -0.39 is 17.7 Å². The molecule has 2 aliphatic rings. The summed E-state index contributed by atoms with van der Waals surface area (Å²) >= 11 is 0. The molecular formula is C30H42N4O5. The Kier molecular flexibility index (Phi) is 6.82. The van der Waals surface area contributed by atoms with Crippen molar-refractivity contribution < 1.29 is 23.8 Å². The molecule has 0 spiro atoms. The molecule has 1 saturated carbocycles. The van der Waals surface area contributed by atoms with Gasteiger partial charge in [0.25, 0.3) is 6.01 Å². The first-order chi connectivity index (χ1) is 18.1. The SMILES string of the molecule is CC1(C)CCC(c2cc(C(C)(C)C)c3oc(C(O)N4CCN(c5nc(C(=O)O)co5)CC4(C)C)cc3n2)CC1. The van der Waals surface area contributed by atoms with Crippen molar-refractivity contribution in [2.75, 3.05) is 24.5 Å². The lowest BCUT2D eigenvalue weighted by atomic mass is 9.72. The van der Waals surface area contributed by atoms with Gasteiger partial charge >= 0.3 is 5.97 Å². The number of nitrogens with zero attached hydrogens (tertiary/aromatic N) is 4. The van der Waals surface area contributed by atoms with Gasteiger partial charge in [-0.1, -0.05) is 34.6 Å². The Morgan fingerprint density at radius 2 is 1.79 bits per heavy atom. The predicted molar refractivity (Wildman–Crippen MR) is 149 cm³/mol. The number of hydrogen-bond acceptors (Lipinski definition) is 8. The maximum atomic E-state index is 11.6. The van der Waals surface area contributed by atoms with Crippen molar-refractivity contribution in [2.24, 2.45) is 5.41 Å². The van der Waals surface area contributed by atoms with Crippen LogP contribution in [0.4, 0.5) is 6.01 Å². The fourth-order valence-electron chi connectivity index (χ4n) is 6.10. The first kappa shape index (κ1) is 27.6. The summed E-state index contributed by atoms with van der Waals surface area (Å²) in [5, 5.41) is 20.7. The molecule has 3 aromatic heterocycles. The third-order valence-corrected chi connectivity index (χ3v) is 8.58. The third-order valence-electron chi connectivity index (χ3n) is 8.58. The predicted octanol–water partition coefficient (Wildman–Crippen LogP) is 6.09. The van der Waals surface area contributed by atoms with Gasteiger partial charge in [-0.15, -0.1) is 0 Å². The number of hydrogen-bond donors (Lipinski definition) is 2. The molecule has 2 N–H and O–H groups in total. The Hall–Kier alpha value is -2.91. The molecule has 1 unspecified atom stereocenters. The highest BCUT2D eigenvalue weighted by Gasteiger charge is 2.41. The van der Waals surface area contributed by atoms with Crippen molar-refractivity contribution >= 4 is 23.1 Å². The second-order valence-electron chi connectivity index (χ2n) is 13.8. The molecule has 9 heteroatoms. The van der Waals surface area contributed by atoms with Crippen LogP contribution in [0.5, 0.6) is 0 Å². The Labute approximate surface area is 230 Å². The molecular weight excluding hydrogens is 496 g/mol. The third kappa shape index (κ3) is 5.43. The second-order valence-corrected chi connectivity index (χ2v) is 13.8. The molecule has 0 radical (unpaired) electrons. The molecule has 1 aliphatic heterocycles. The van der Waals surface area contributed by atoms with E-state index in [0.29, 0.717) is 36.7 Å². The summed E-state index contributed by atoms with van der Waals surface area (Å²) in [5.41, 5.74) is 3.45. The smallest absolute Gasteiger partial charge is 0.357 e. The van der Waals surface area contributed by atoms with Crippen LogP contribution in [0.25, 0.3) is 11.1 Å². The number of aliphatic hydroxyl groups is 1. The number of pyridine rings is 1. The van der Waals surface area contributed by atoms with E-state index in [9.17, 15) is 15.0 Å². The number of carboxylic acids is 1. The topological polar surface area (TPSA) is 116 Å². The number of piperazine rings is 1. The maximum absolute atomic E-state index is 11.6. The number of carboxylic acid groups (broad SMARTS) is 1. The molecule has 2 fully saturated rings. The second kappa shape index (κ2) is 9.63. The van der Waals surface area contributed by atoms with Crippen molar-refractivity contribution in [3.63, 3.8) is 0 Å². The minimum atomic E-state index is -1.12. The maximum Gasteiger partial charge on any atom is 0.357 e. The van der Waals surface area contributed by atoms with Gasteiger partial charge in [-0.3, -0.25) is 4.90 Å². The molecule has 1 atom stereocenters. The molecule has 4 heterocycles. The number of oxazole rings is 1. The Balaban J connectivity index is 1.42. The zero-order chi connectivity index (χ0) is 28.3. The number of fused-ring (bicyclic) bond motifs is 1. The van der Waals surface area contributed by atoms with Gasteiger partial charge in [0.1, 0.15) is 11.8 Å². The first-order valence-electron chi connectivity index (χ1n) is 14.0. The number of furan rings is 1. The first-order valence-corrected chi connectivity index (χ1v) is 14.0. The van der Waals surface area contributed by atoms with Crippen molar-refractivity contribution in [3.05, 3.63) is 41.1 Å². The van der Waals surface area contributed by atoms with Crippen molar-refractivity contribution in [1.29, 1.82) is 0 Å². The van der Waals surface area contributed by atoms with E-state index in [0.717, 1.165) is 41.5 Å². The molecule has 0 aromatic carbocycles. The Morgan fingerprint density at radius 3 is 2.38 bits per heavy atom.